The molecule has 0 aromatic rings. The highest BCUT2D eigenvalue weighted by molar-refractivity contribution is 7.99. The van der Waals surface area contributed by atoms with Crippen LogP contribution < -0.4 is 5.32 Å². The first-order chi connectivity index (χ1) is 10.7. The molecule has 0 spiro atoms. The number of esters is 1. The number of hydrogen-bond donors (Lipinski definition) is 1. The summed E-state index contributed by atoms with van der Waals surface area (Å²) in [6.07, 6.45) is 3.91. The summed E-state index contributed by atoms with van der Waals surface area (Å²) in [5.41, 5.74) is -0.520. The number of thioether (sulfide) groups is 1. The number of amides is 1. The van der Waals surface area contributed by atoms with Crippen LogP contribution in [0.3, 0.4) is 0 Å². The number of ether oxygens (including phenoxy) is 2. The minimum absolute atomic E-state index is 0.165. The zero-order valence-electron chi connectivity index (χ0n) is 15.3. The molecule has 0 heterocycles. The van der Waals surface area contributed by atoms with Gasteiger partial charge in [-0.15, -0.1) is 0 Å². The summed E-state index contributed by atoms with van der Waals surface area (Å²) in [5, 5.41) is 3.27. The molecule has 0 radical (unpaired) electrons. The fourth-order valence-corrected chi connectivity index (χ4v) is 2.45. The van der Waals surface area contributed by atoms with E-state index in [1.54, 1.807) is 20.8 Å². The predicted octanol–water partition coefficient (Wildman–Crippen LogP) is 4.00. The topological polar surface area (TPSA) is 64.6 Å². The van der Waals surface area contributed by atoms with E-state index in [-0.39, 0.29) is 19.1 Å². The second kappa shape index (κ2) is 12.5. The van der Waals surface area contributed by atoms with E-state index in [1.165, 1.54) is 18.6 Å². The molecule has 0 aromatic carbocycles. The molecular weight excluding hydrogens is 314 g/mol. The average molecular weight is 348 g/mol. The van der Waals surface area contributed by atoms with E-state index in [0.717, 1.165) is 12.8 Å². The minimum atomic E-state index is -0.520. The Kier molecular flexibility index (Phi) is 12.0. The number of carbonyl (C=O) groups is 2. The zero-order chi connectivity index (χ0) is 17.7. The highest BCUT2D eigenvalue weighted by atomic mass is 32.2. The Morgan fingerprint density at radius 1 is 1.00 bits per heavy atom. The van der Waals surface area contributed by atoms with Crippen LogP contribution >= 0.6 is 11.8 Å². The van der Waals surface area contributed by atoms with Gasteiger partial charge >= 0.3 is 12.1 Å². The van der Waals surface area contributed by atoms with E-state index < -0.39 is 11.5 Å². The molecule has 23 heavy (non-hydrogen) atoms. The van der Waals surface area contributed by atoms with Crippen LogP contribution in [0.25, 0.3) is 0 Å². The Morgan fingerprint density at radius 2 is 1.65 bits per heavy atom. The second-order valence-corrected chi connectivity index (χ2v) is 8.47. The van der Waals surface area contributed by atoms with Crippen LogP contribution in [0.2, 0.25) is 0 Å². The van der Waals surface area contributed by atoms with Gasteiger partial charge in [-0.05, 0) is 44.6 Å². The summed E-state index contributed by atoms with van der Waals surface area (Å²) in [6, 6.07) is 0. The lowest BCUT2D eigenvalue weighted by molar-refractivity contribution is -0.152. The minimum Gasteiger partial charge on any atom is -0.463 e. The SMILES string of the molecule is CC(C)SCCCCCCOC(=O)NCCOC(=O)C(C)(C)C. The van der Waals surface area contributed by atoms with Crippen LogP contribution in [0, 0.1) is 5.41 Å². The summed E-state index contributed by atoms with van der Waals surface area (Å²) < 4.78 is 10.1. The van der Waals surface area contributed by atoms with E-state index in [4.69, 9.17) is 9.47 Å². The molecule has 0 atom stereocenters. The van der Waals surface area contributed by atoms with Crippen LogP contribution in [-0.4, -0.2) is 42.8 Å². The first-order valence-corrected chi connectivity index (χ1v) is 9.48. The van der Waals surface area contributed by atoms with Gasteiger partial charge in [0.05, 0.1) is 18.6 Å². The van der Waals surface area contributed by atoms with Crippen molar-refractivity contribution in [2.45, 2.75) is 65.6 Å². The number of rotatable bonds is 11. The third kappa shape index (κ3) is 14.4. The molecule has 136 valence electrons. The first kappa shape index (κ1) is 22.1. The number of alkyl carbamates (subject to hydrolysis) is 1. The van der Waals surface area contributed by atoms with Gasteiger partial charge < -0.3 is 14.8 Å². The number of hydrogen-bond acceptors (Lipinski definition) is 5. The van der Waals surface area contributed by atoms with Crippen LogP contribution in [-0.2, 0) is 14.3 Å². The molecule has 0 aliphatic carbocycles. The van der Waals surface area contributed by atoms with Crippen molar-refractivity contribution in [3.8, 4) is 0 Å². The molecule has 0 rings (SSSR count). The molecule has 5 nitrogen and oxygen atoms in total. The summed E-state index contributed by atoms with van der Waals surface area (Å²) >= 11 is 1.98. The number of nitrogens with one attached hydrogen (secondary N) is 1. The maximum absolute atomic E-state index is 11.5. The maximum atomic E-state index is 11.5. The van der Waals surface area contributed by atoms with Gasteiger partial charge in [0, 0.05) is 0 Å². The van der Waals surface area contributed by atoms with E-state index in [2.05, 4.69) is 19.2 Å². The van der Waals surface area contributed by atoms with Gasteiger partial charge in [0.2, 0.25) is 0 Å². The van der Waals surface area contributed by atoms with Gasteiger partial charge in [-0.2, -0.15) is 11.8 Å². The molecule has 0 saturated carbocycles. The number of unbranched alkanes of at least 4 members (excludes halogenated alkanes) is 3. The second-order valence-electron chi connectivity index (χ2n) is 6.78. The molecule has 1 amide bonds. The van der Waals surface area contributed by atoms with E-state index in [0.29, 0.717) is 11.9 Å². The van der Waals surface area contributed by atoms with Crippen molar-refractivity contribution in [3.05, 3.63) is 0 Å². The van der Waals surface area contributed by atoms with Gasteiger partial charge in [0.1, 0.15) is 6.61 Å². The van der Waals surface area contributed by atoms with Crippen molar-refractivity contribution in [2.75, 3.05) is 25.5 Å². The molecule has 0 unspecified atom stereocenters. The standard InChI is InChI=1S/C17H33NO4S/c1-14(2)23-13-9-7-6-8-11-22-16(20)18-10-12-21-15(19)17(3,4)5/h14H,6-13H2,1-5H3,(H,18,20). The molecule has 0 aromatic heterocycles. The molecule has 1 N–H and O–H groups in total. The molecular formula is C17H33NO4S. The fourth-order valence-electron chi connectivity index (χ4n) is 1.61. The lowest BCUT2D eigenvalue weighted by atomic mass is 9.97. The Labute approximate surface area is 145 Å². The largest absolute Gasteiger partial charge is 0.463 e. The number of carbonyl (C=O) groups excluding carboxylic acids is 2. The maximum Gasteiger partial charge on any atom is 0.407 e. The Bertz CT molecular complexity index is 340. The summed E-state index contributed by atoms with van der Waals surface area (Å²) in [7, 11) is 0. The quantitative estimate of drug-likeness (QED) is 0.452. The molecule has 0 aliphatic rings. The van der Waals surface area contributed by atoms with Gasteiger partial charge in [-0.25, -0.2) is 4.79 Å². The zero-order valence-corrected chi connectivity index (χ0v) is 16.1. The van der Waals surface area contributed by atoms with Crippen LogP contribution in [0.15, 0.2) is 0 Å². The van der Waals surface area contributed by atoms with Crippen molar-refractivity contribution in [1.82, 2.24) is 5.32 Å². The highest BCUT2D eigenvalue weighted by Crippen LogP contribution is 2.14. The third-order valence-corrected chi connectivity index (χ3v) is 4.13. The molecule has 0 fully saturated rings. The average Bonchev–Trinajstić information content (AvgIpc) is 2.44. The van der Waals surface area contributed by atoms with Crippen LogP contribution in [0.4, 0.5) is 4.79 Å². The lowest BCUT2D eigenvalue weighted by Gasteiger charge is -2.16. The van der Waals surface area contributed by atoms with Crippen molar-refractivity contribution in [3.63, 3.8) is 0 Å². The molecule has 0 bridgehead atoms. The first-order valence-electron chi connectivity index (χ1n) is 8.43. The Morgan fingerprint density at radius 3 is 2.26 bits per heavy atom. The summed E-state index contributed by atoms with van der Waals surface area (Å²) in [4.78, 5) is 22.9. The summed E-state index contributed by atoms with van der Waals surface area (Å²) in [5.74, 6) is 0.926. The Balaban J connectivity index is 3.40. The Hall–Kier alpha value is -0.910. The van der Waals surface area contributed by atoms with Crippen LogP contribution in [0.1, 0.15) is 60.3 Å². The van der Waals surface area contributed by atoms with Crippen molar-refractivity contribution >= 4 is 23.8 Å². The van der Waals surface area contributed by atoms with E-state index in [9.17, 15) is 9.59 Å². The monoisotopic (exact) mass is 347 g/mol. The lowest BCUT2D eigenvalue weighted by Crippen LogP contribution is -2.31. The predicted molar refractivity (Wildman–Crippen MR) is 95.8 cm³/mol. The van der Waals surface area contributed by atoms with E-state index >= 15 is 0 Å². The van der Waals surface area contributed by atoms with Gasteiger partial charge in [-0.1, -0.05) is 26.7 Å². The molecule has 0 aliphatic heterocycles. The van der Waals surface area contributed by atoms with Crippen molar-refractivity contribution in [1.29, 1.82) is 0 Å². The van der Waals surface area contributed by atoms with E-state index in [1.807, 2.05) is 11.8 Å². The normalized spacial score (nSPS) is 11.4. The summed E-state index contributed by atoms with van der Waals surface area (Å²) in [6.45, 7) is 10.7. The smallest absolute Gasteiger partial charge is 0.407 e. The fraction of sp³-hybridized carbons (Fsp3) is 0.882. The van der Waals surface area contributed by atoms with Crippen molar-refractivity contribution < 1.29 is 19.1 Å². The van der Waals surface area contributed by atoms with Crippen LogP contribution in [0.5, 0.6) is 0 Å². The van der Waals surface area contributed by atoms with Gasteiger partial charge in [-0.3, -0.25) is 4.79 Å². The van der Waals surface area contributed by atoms with Crippen molar-refractivity contribution in [2.24, 2.45) is 5.41 Å². The molecule has 6 heteroatoms. The molecule has 0 saturated heterocycles. The third-order valence-electron chi connectivity index (χ3n) is 2.94. The van der Waals surface area contributed by atoms with Gasteiger partial charge in [0.15, 0.2) is 0 Å². The highest BCUT2D eigenvalue weighted by Gasteiger charge is 2.22. The van der Waals surface area contributed by atoms with Gasteiger partial charge in [0.25, 0.3) is 0 Å².